The Morgan fingerprint density at radius 1 is 0.684 bits per heavy atom. The molecule has 0 aliphatic carbocycles. The van der Waals surface area contributed by atoms with Crippen LogP contribution < -0.4 is 0 Å². The van der Waals surface area contributed by atoms with Crippen LogP contribution in [0.15, 0.2) is 58.3 Å². The van der Waals surface area contributed by atoms with Crippen molar-refractivity contribution in [3.8, 4) is 0 Å². The largest absolute Gasteiger partial charge is 0.143 e. The van der Waals surface area contributed by atoms with E-state index in [1.165, 1.54) is 11.1 Å². The number of rotatable bonds is 4. The lowest BCUT2D eigenvalue weighted by Crippen LogP contribution is -2.25. The summed E-state index contributed by atoms with van der Waals surface area (Å²) in [5.41, 5.74) is 2.81. The molecule has 0 heterocycles. The van der Waals surface area contributed by atoms with E-state index in [9.17, 15) is 0 Å². The van der Waals surface area contributed by atoms with Crippen molar-refractivity contribution in [1.29, 1.82) is 0 Å². The van der Waals surface area contributed by atoms with E-state index in [1.807, 2.05) is 0 Å². The van der Waals surface area contributed by atoms with Gasteiger partial charge in [0.2, 0.25) is 0 Å². The van der Waals surface area contributed by atoms with Crippen LogP contribution in [0.3, 0.4) is 0 Å². The van der Waals surface area contributed by atoms with Gasteiger partial charge in [-0.25, -0.2) is 0 Å². The van der Waals surface area contributed by atoms with Crippen LogP contribution in [0.1, 0.15) is 37.8 Å². The highest BCUT2D eigenvalue weighted by molar-refractivity contribution is 7.80. The van der Waals surface area contributed by atoms with Gasteiger partial charge in [0, 0.05) is 15.2 Å². The van der Waals surface area contributed by atoms with Gasteiger partial charge >= 0.3 is 0 Å². The molecule has 0 aromatic heterocycles. The molecule has 0 saturated carbocycles. The van der Waals surface area contributed by atoms with Gasteiger partial charge in [-0.2, -0.15) is 0 Å². The molecule has 0 atom stereocenters. The van der Waals surface area contributed by atoms with Crippen LogP contribution >= 0.6 is 25.3 Å². The third kappa shape index (κ3) is 2.85. The number of thiol groups is 2. The molecule has 0 aliphatic rings. The summed E-state index contributed by atoms with van der Waals surface area (Å²) in [5, 5.41) is 0. The van der Waals surface area contributed by atoms with Crippen LogP contribution in [0.25, 0.3) is 0 Å². The van der Waals surface area contributed by atoms with Crippen LogP contribution in [-0.2, 0) is 5.41 Å². The van der Waals surface area contributed by atoms with Crippen molar-refractivity contribution < 1.29 is 0 Å². The van der Waals surface area contributed by atoms with Crippen molar-refractivity contribution in [2.24, 2.45) is 0 Å². The Kier molecular flexibility index (Phi) is 4.64. The summed E-state index contributed by atoms with van der Waals surface area (Å²) in [6.45, 7) is 4.51. The molecule has 0 aliphatic heterocycles. The molecule has 0 spiro atoms. The quantitative estimate of drug-likeness (QED) is 0.694. The lowest BCUT2D eigenvalue weighted by atomic mass is 9.71. The van der Waals surface area contributed by atoms with Crippen molar-refractivity contribution >= 4 is 25.3 Å². The van der Waals surface area contributed by atoms with Crippen molar-refractivity contribution in [3.05, 3.63) is 59.7 Å². The van der Waals surface area contributed by atoms with Gasteiger partial charge in [0.25, 0.3) is 0 Å². The summed E-state index contributed by atoms with van der Waals surface area (Å²) in [4.78, 5) is 2.02. The topological polar surface area (TPSA) is 0 Å². The van der Waals surface area contributed by atoms with E-state index >= 15 is 0 Å². The minimum Gasteiger partial charge on any atom is -0.143 e. The van der Waals surface area contributed by atoms with Crippen LogP contribution in [0, 0.1) is 0 Å². The van der Waals surface area contributed by atoms with Crippen LogP contribution in [0.5, 0.6) is 0 Å². The molecular weight excluding hydrogens is 268 g/mol. The molecule has 0 fully saturated rings. The predicted molar refractivity (Wildman–Crippen MR) is 88.8 cm³/mol. The minimum atomic E-state index is 0.0863. The first-order valence-corrected chi connectivity index (χ1v) is 7.61. The molecular formula is C17H20S2. The zero-order valence-electron chi connectivity index (χ0n) is 11.4. The number of hydrogen-bond donors (Lipinski definition) is 2. The monoisotopic (exact) mass is 288 g/mol. The Labute approximate surface area is 127 Å². The van der Waals surface area contributed by atoms with E-state index in [4.69, 9.17) is 0 Å². The highest BCUT2D eigenvalue weighted by Crippen LogP contribution is 2.39. The third-order valence-electron chi connectivity index (χ3n) is 4.05. The average Bonchev–Trinajstić information content (AvgIpc) is 2.44. The fraction of sp³-hybridized carbons (Fsp3) is 0.294. The SMILES string of the molecule is CCC(CC)(c1ccc(S)cc1)c1ccc(S)cc1. The van der Waals surface area contributed by atoms with Crippen LogP contribution in [-0.4, -0.2) is 0 Å². The summed E-state index contributed by atoms with van der Waals surface area (Å²) in [6.07, 6.45) is 2.17. The molecule has 19 heavy (non-hydrogen) atoms. The van der Waals surface area contributed by atoms with Crippen LogP contribution in [0.4, 0.5) is 0 Å². The second kappa shape index (κ2) is 6.06. The molecule has 0 unspecified atom stereocenters. The molecule has 2 heteroatoms. The highest BCUT2D eigenvalue weighted by atomic mass is 32.1. The van der Waals surface area contributed by atoms with E-state index in [-0.39, 0.29) is 5.41 Å². The molecule has 0 N–H and O–H groups in total. The van der Waals surface area contributed by atoms with Gasteiger partial charge in [0.15, 0.2) is 0 Å². The van der Waals surface area contributed by atoms with Crippen molar-refractivity contribution in [2.75, 3.05) is 0 Å². The van der Waals surface area contributed by atoms with E-state index in [1.54, 1.807) is 0 Å². The zero-order chi connectivity index (χ0) is 13.9. The summed E-state index contributed by atoms with van der Waals surface area (Å²) >= 11 is 8.75. The van der Waals surface area contributed by atoms with Crippen molar-refractivity contribution in [3.63, 3.8) is 0 Å². The normalized spacial score (nSPS) is 11.6. The van der Waals surface area contributed by atoms with E-state index in [2.05, 4.69) is 87.6 Å². The lowest BCUT2D eigenvalue weighted by Gasteiger charge is -2.33. The van der Waals surface area contributed by atoms with Gasteiger partial charge in [-0.1, -0.05) is 38.1 Å². The first kappa shape index (κ1) is 14.5. The summed E-state index contributed by atoms with van der Waals surface area (Å²) < 4.78 is 0. The maximum atomic E-state index is 4.38. The first-order valence-electron chi connectivity index (χ1n) is 6.71. The Morgan fingerprint density at radius 3 is 1.26 bits per heavy atom. The van der Waals surface area contributed by atoms with Gasteiger partial charge in [-0.15, -0.1) is 25.3 Å². The van der Waals surface area contributed by atoms with Crippen LogP contribution in [0.2, 0.25) is 0 Å². The average molecular weight is 288 g/mol. The maximum Gasteiger partial charge on any atom is 0.0197 e. The molecule has 0 saturated heterocycles. The lowest BCUT2D eigenvalue weighted by molar-refractivity contribution is 0.478. The van der Waals surface area contributed by atoms with E-state index in [0.29, 0.717) is 0 Å². The Balaban J connectivity index is 2.53. The number of hydrogen-bond acceptors (Lipinski definition) is 2. The van der Waals surface area contributed by atoms with Gasteiger partial charge in [-0.05, 0) is 48.2 Å². The number of benzene rings is 2. The van der Waals surface area contributed by atoms with E-state index < -0.39 is 0 Å². The predicted octanol–water partition coefficient (Wildman–Crippen LogP) is 5.37. The molecule has 2 aromatic carbocycles. The fourth-order valence-electron chi connectivity index (χ4n) is 2.79. The molecule has 100 valence electrons. The van der Waals surface area contributed by atoms with Crippen molar-refractivity contribution in [2.45, 2.75) is 41.9 Å². The Morgan fingerprint density at radius 2 is 1.00 bits per heavy atom. The first-order chi connectivity index (χ1) is 9.12. The fourth-order valence-corrected chi connectivity index (χ4v) is 3.09. The molecule has 0 radical (unpaired) electrons. The molecule has 2 rings (SSSR count). The smallest absolute Gasteiger partial charge is 0.0197 e. The summed E-state index contributed by atoms with van der Waals surface area (Å²) in [5.74, 6) is 0. The molecule has 0 nitrogen and oxygen atoms in total. The Hall–Kier alpha value is -0.860. The van der Waals surface area contributed by atoms with Gasteiger partial charge in [0.1, 0.15) is 0 Å². The molecule has 0 bridgehead atoms. The second-order valence-corrected chi connectivity index (χ2v) is 5.92. The molecule has 2 aromatic rings. The Bertz CT molecular complexity index is 475. The molecule has 0 amide bonds. The third-order valence-corrected chi connectivity index (χ3v) is 4.64. The highest BCUT2D eigenvalue weighted by Gasteiger charge is 2.30. The zero-order valence-corrected chi connectivity index (χ0v) is 13.2. The maximum absolute atomic E-state index is 4.38. The summed E-state index contributed by atoms with van der Waals surface area (Å²) in [6, 6.07) is 17.1. The summed E-state index contributed by atoms with van der Waals surface area (Å²) in [7, 11) is 0. The minimum absolute atomic E-state index is 0.0863. The van der Waals surface area contributed by atoms with Crippen molar-refractivity contribution in [1.82, 2.24) is 0 Å². The van der Waals surface area contributed by atoms with Gasteiger partial charge in [0.05, 0.1) is 0 Å². The van der Waals surface area contributed by atoms with Gasteiger partial charge < -0.3 is 0 Å². The van der Waals surface area contributed by atoms with E-state index in [0.717, 1.165) is 22.6 Å². The second-order valence-electron chi connectivity index (χ2n) is 4.88. The van der Waals surface area contributed by atoms with Gasteiger partial charge in [-0.3, -0.25) is 0 Å². The standard InChI is InChI=1S/C17H20S2/c1-3-17(4-2,13-5-9-15(18)10-6-13)14-7-11-16(19)12-8-14/h5-12,18-19H,3-4H2,1-2H3.